The molecule has 1 saturated heterocycles. The normalized spacial score (nSPS) is 14.9. The number of hydrogen-bond donors (Lipinski definition) is 0. The number of esters is 1. The lowest BCUT2D eigenvalue weighted by molar-refractivity contribution is 0.0465. The zero-order valence-corrected chi connectivity index (χ0v) is 17.9. The van der Waals surface area contributed by atoms with Gasteiger partial charge in [0, 0.05) is 24.2 Å². The number of rotatable bonds is 7. The van der Waals surface area contributed by atoms with Crippen molar-refractivity contribution in [3.05, 3.63) is 59.2 Å². The van der Waals surface area contributed by atoms with Crippen LogP contribution in [0.15, 0.2) is 47.4 Å². The van der Waals surface area contributed by atoms with Gasteiger partial charge in [-0.05, 0) is 50.1 Å². The van der Waals surface area contributed by atoms with Crippen LogP contribution in [0.4, 0.5) is 0 Å². The second-order valence-corrected chi connectivity index (χ2v) is 9.03. The molecule has 2 aromatic carbocycles. The van der Waals surface area contributed by atoms with Gasteiger partial charge in [0.1, 0.15) is 12.4 Å². The summed E-state index contributed by atoms with van der Waals surface area (Å²) in [5.74, 6) is -0.397. The molecule has 7 nitrogen and oxygen atoms in total. The van der Waals surface area contributed by atoms with Gasteiger partial charge in [-0.1, -0.05) is 18.6 Å². The lowest BCUT2D eigenvalue weighted by Crippen LogP contribution is -2.36. The zero-order chi connectivity index (χ0) is 21.7. The monoisotopic (exact) mass is 431 g/mol. The van der Waals surface area contributed by atoms with E-state index >= 15 is 0 Å². The largest absolute Gasteiger partial charge is 0.496 e. The Morgan fingerprint density at radius 3 is 2.40 bits per heavy atom. The first-order chi connectivity index (χ1) is 14.3. The van der Waals surface area contributed by atoms with Crippen molar-refractivity contribution < 1.29 is 27.5 Å². The highest BCUT2D eigenvalue weighted by molar-refractivity contribution is 7.89. The van der Waals surface area contributed by atoms with E-state index < -0.39 is 16.0 Å². The van der Waals surface area contributed by atoms with E-state index in [2.05, 4.69) is 0 Å². The number of methoxy groups -OCH3 is 1. The molecule has 0 amide bonds. The van der Waals surface area contributed by atoms with Crippen LogP contribution >= 0.6 is 0 Å². The van der Waals surface area contributed by atoms with E-state index in [4.69, 9.17) is 9.47 Å². The van der Waals surface area contributed by atoms with Crippen LogP contribution < -0.4 is 4.74 Å². The van der Waals surface area contributed by atoms with Crippen molar-refractivity contribution >= 4 is 21.8 Å². The van der Waals surface area contributed by atoms with E-state index in [9.17, 15) is 18.0 Å². The molecule has 1 aliphatic heterocycles. The Morgan fingerprint density at radius 1 is 1.03 bits per heavy atom. The maximum Gasteiger partial charge on any atom is 0.339 e. The van der Waals surface area contributed by atoms with Crippen molar-refractivity contribution in [2.75, 3.05) is 20.2 Å². The topological polar surface area (TPSA) is 90.0 Å². The van der Waals surface area contributed by atoms with Crippen molar-refractivity contribution in [3.63, 3.8) is 0 Å². The Balaban J connectivity index is 1.84. The second-order valence-electron chi connectivity index (χ2n) is 7.12. The smallest absolute Gasteiger partial charge is 0.339 e. The molecule has 1 fully saturated rings. The fraction of sp³-hybridized carbons (Fsp3) is 0.364. The molecule has 160 valence electrons. The van der Waals surface area contributed by atoms with Crippen molar-refractivity contribution in [1.29, 1.82) is 0 Å². The van der Waals surface area contributed by atoms with Crippen LogP contribution in [0.1, 0.15) is 52.5 Å². The van der Waals surface area contributed by atoms with Gasteiger partial charge in [0.15, 0.2) is 5.78 Å². The molecule has 0 atom stereocenters. The maximum absolute atomic E-state index is 13.1. The van der Waals surface area contributed by atoms with Crippen LogP contribution in [0.3, 0.4) is 0 Å². The molecule has 0 bridgehead atoms. The second kappa shape index (κ2) is 9.40. The van der Waals surface area contributed by atoms with Crippen LogP contribution in [-0.2, 0) is 21.4 Å². The molecule has 0 aliphatic carbocycles. The number of nitrogens with zero attached hydrogens (tertiary/aromatic N) is 1. The summed E-state index contributed by atoms with van der Waals surface area (Å²) in [5.41, 5.74) is 0.981. The minimum Gasteiger partial charge on any atom is -0.496 e. The molecule has 0 radical (unpaired) electrons. The number of benzene rings is 2. The molecule has 0 spiro atoms. The average Bonchev–Trinajstić information content (AvgIpc) is 2.77. The van der Waals surface area contributed by atoms with Crippen molar-refractivity contribution in [2.45, 2.75) is 37.7 Å². The molecular formula is C22H25NO6S. The SMILES string of the molecule is COc1ccc(C(C)=O)cc1COC(=O)c1ccccc1S(=O)(=O)N1CCCCC1. The fourth-order valence-electron chi connectivity index (χ4n) is 3.44. The van der Waals surface area contributed by atoms with E-state index in [0.29, 0.717) is 30.0 Å². The van der Waals surface area contributed by atoms with Crippen molar-refractivity contribution in [2.24, 2.45) is 0 Å². The summed E-state index contributed by atoms with van der Waals surface area (Å²) >= 11 is 0. The third-order valence-electron chi connectivity index (χ3n) is 5.09. The number of Topliss-reactive ketones (excluding diaryl/α,β-unsaturated/α-hetero) is 1. The molecule has 0 unspecified atom stereocenters. The van der Waals surface area contributed by atoms with Gasteiger partial charge in [-0.25, -0.2) is 13.2 Å². The Labute approximate surface area is 176 Å². The first kappa shape index (κ1) is 22.0. The lowest BCUT2D eigenvalue weighted by atomic mass is 10.1. The summed E-state index contributed by atoms with van der Waals surface area (Å²) in [5, 5.41) is 0. The molecule has 0 saturated carbocycles. The predicted molar refractivity (Wildman–Crippen MR) is 111 cm³/mol. The van der Waals surface area contributed by atoms with Crippen LogP contribution in [0.25, 0.3) is 0 Å². The summed E-state index contributed by atoms with van der Waals surface area (Å²) in [7, 11) is -2.31. The van der Waals surface area contributed by atoms with Gasteiger partial charge in [0.25, 0.3) is 0 Å². The molecule has 1 heterocycles. The van der Waals surface area contributed by atoms with Crippen molar-refractivity contribution in [3.8, 4) is 5.75 Å². The summed E-state index contributed by atoms with van der Waals surface area (Å²) in [6, 6.07) is 10.9. The van der Waals surface area contributed by atoms with Gasteiger partial charge < -0.3 is 9.47 Å². The summed E-state index contributed by atoms with van der Waals surface area (Å²) in [6.07, 6.45) is 2.60. The Bertz CT molecular complexity index is 1040. The first-order valence-electron chi connectivity index (χ1n) is 9.78. The number of piperidine rings is 1. The molecule has 0 N–H and O–H groups in total. The van der Waals surface area contributed by atoms with E-state index in [1.807, 2.05) is 0 Å². The number of hydrogen-bond acceptors (Lipinski definition) is 6. The Hall–Kier alpha value is -2.71. The third-order valence-corrected chi connectivity index (χ3v) is 7.04. The standard InChI is InChI=1S/C22H25NO6S/c1-16(24)17-10-11-20(28-2)18(14-17)15-29-22(25)19-8-4-5-9-21(19)30(26,27)23-12-6-3-7-13-23/h4-5,8-11,14H,3,6-7,12-13,15H2,1-2H3. The van der Waals surface area contributed by atoms with E-state index in [1.165, 1.54) is 30.5 Å². The molecule has 3 rings (SSSR count). The average molecular weight is 432 g/mol. The van der Waals surface area contributed by atoms with Gasteiger partial charge >= 0.3 is 5.97 Å². The van der Waals surface area contributed by atoms with Gasteiger partial charge in [0.2, 0.25) is 10.0 Å². The molecule has 8 heteroatoms. The summed E-state index contributed by atoms with van der Waals surface area (Å²) < 4.78 is 38.2. The van der Waals surface area contributed by atoms with Gasteiger partial charge in [-0.15, -0.1) is 0 Å². The number of sulfonamides is 1. The molecule has 2 aromatic rings. The zero-order valence-electron chi connectivity index (χ0n) is 17.1. The van der Waals surface area contributed by atoms with Gasteiger partial charge in [-0.2, -0.15) is 4.31 Å². The number of ether oxygens (including phenoxy) is 2. The van der Waals surface area contributed by atoms with Gasteiger partial charge in [0.05, 0.1) is 17.6 Å². The molecule has 30 heavy (non-hydrogen) atoms. The number of carbonyl (C=O) groups is 2. The summed E-state index contributed by atoms with van der Waals surface area (Å²) in [4.78, 5) is 24.4. The summed E-state index contributed by atoms with van der Waals surface area (Å²) in [6.45, 7) is 2.18. The fourth-order valence-corrected chi connectivity index (χ4v) is 5.13. The quantitative estimate of drug-likeness (QED) is 0.493. The van der Waals surface area contributed by atoms with E-state index in [1.54, 1.807) is 30.3 Å². The van der Waals surface area contributed by atoms with Crippen LogP contribution in [0, 0.1) is 0 Å². The van der Waals surface area contributed by atoms with Crippen LogP contribution in [0.5, 0.6) is 5.75 Å². The minimum atomic E-state index is -3.79. The van der Waals surface area contributed by atoms with Crippen LogP contribution in [0.2, 0.25) is 0 Å². The highest BCUT2D eigenvalue weighted by atomic mass is 32.2. The van der Waals surface area contributed by atoms with Gasteiger partial charge in [-0.3, -0.25) is 4.79 Å². The number of carbonyl (C=O) groups excluding carboxylic acids is 2. The maximum atomic E-state index is 13.1. The van der Waals surface area contributed by atoms with E-state index in [-0.39, 0.29) is 22.8 Å². The lowest BCUT2D eigenvalue weighted by Gasteiger charge is -2.26. The van der Waals surface area contributed by atoms with E-state index in [0.717, 1.165) is 19.3 Å². The Kier molecular flexibility index (Phi) is 6.89. The number of ketones is 1. The van der Waals surface area contributed by atoms with Crippen molar-refractivity contribution in [1.82, 2.24) is 4.31 Å². The highest BCUT2D eigenvalue weighted by Gasteiger charge is 2.30. The first-order valence-corrected chi connectivity index (χ1v) is 11.2. The third kappa shape index (κ3) is 4.71. The highest BCUT2D eigenvalue weighted by Crippen LogP contribution is 2.26. The van der Waals surface area contributed by atoms with Crippen LogP contribution in [-0.4, -0.2) is 44.7 Å². The Morgan fingerprint density at radius 2 is 1.73 bits per heavy atom. The molecule has 1 aliphatic rings. The predicted octanol–water partition coefficient (Wildman–Crippen LogP) is 3.43. The molecule has 0 aromatic heterocycles. The minimum absolute atomic E-state index is 0.00948. The molecular weight excluding hydrogens is 406 g/mol.